The molecule has 1 aromatic heterocycles. The van der Waals surface area contributed by atoms with Gasteiger partial charge in [0.15, 0.2) is 0 Å². The van der Waals surface area contributed by atoms with Crippen molar-refractivity contribution >= 4 is 17.4 Å². The molecule has 0 amide bonds. The number of rotatable bonds is 4. The molecular weight excluding hydrogens is 202 g/mol. The fourth-order valence-corrected chi connectivity index (χ4v) is 0.954. The summed E-state index contributed by atoms with van der Waals surface area (Å²) in [5.74, 6) is 1.64. The second kappa shape index (κ2) is 4.46. The average Bonchev–Trinajstić information content (AvgIpc) is 2.17. The quantitative estimate of drug-likeness (QED) is 0.780. The van der Waals surface area contributed by atoms with Gasteiger partial charge in [0.05, 0.1) is 19.5 Å². The fraction of sp³-hybridized carbons (Fsp3) is 0.556. The molecule has 1 heterocycles. The molecule has 14 heavy (non-hydrogen) atoms. The van der Waals surface area contributed by atoms with E-state index in [9.17, 15) is 0 Å². The van der Waals surface area contributed by atoms with E-state index in [-0.39, 0.29) is 5.54 Å². The van der Waals surface area contributed by atoms with E-state index in [1.165, 1.54) is 0 Å². The Labute approximate surface area is 88.7 Å². The minimum absolute atomic E-state index is 0.206. The van der Waals surface area contributed by atoms with E-state index in [2.05, 4.69) is 15.3 Å². The Balaban J connectivity index is 2.76. The Kier molecular flexibility index (Phi) is 3.52. The number of hydrogen-bond acceptors (Lipinski definition) is 4. The van der Waals surface area contributed by atoms with Gasteiger partial charge in [-0.25, -0.2) is 0 Å². The van der Waals surface area contributed by atoms with Crippen molar-refractivity contribution in [2.45, 2.75) is 19.4 Å². The molecule has 0 bridgehead atoms. The van der Waals surface area contributed by atoms with Crippen LogP contribution in [-0.2, 0) is 0 Å². The van der Waals surface area contributed by atoms with Crippen molar-refractivity contribution in [1.29, 1.82) is 0 Å². The number of methoxy groups -OCH3 is 1. The summed E-state index contributed by atoms with van der Waals surface area (Å²) in [4.78, 5) is 8.15. The molecule has 0 unspecified atom stereocenters. The number of nitrogens with one attached hydrogen (secondary N) is 1. The standard InChI is InChI=1S/C9H14ClN3O/c1-9(2,6-10)13-7-4-11-5-8(12-7)14-3/h4-5H,6H2,1-3H3,(H,12,13). The van der Waals surface area contributed by atoms with Crippen LogP contribution in [0.1, 0.15) is 13.8 Å². The van der Waals surface area contributed by atoms with Crippen molar-refractivity contribution in [1.82, 2.24) is 9.97 Å². The van der Waals surface area contributed by atoms with Crippen LogP contribution < -0.4 is 10.1 Å². The van der Waals surface area contributed by atoms with Gasteiger partial charge in [0.1, 0.15) is 5.82 Å². The van der Waals surface area contributed by atoms with Crippen molar-refractivity contribution in [2.75, 3.05) is 18.3 Å². The molecule has 0 spiro atoms. The Morgan fingerprint density at radius 2 is 2.21 bits per heavy atom. The highest BCUT2D eigenvalue weighted by Gasteiger charge is 2.16. The van der Waals surface area contributed by atoms with E-state index in [0.717, 1.165) is 0 Å². The first-order chi connectivity index (χ1) is 6.57. The van der Waals surface area contributed by atoms with Crippen LogP contribution in [-0.4, -0.2) is 28.5 Å². The van der Waals surface area contributed by atoms with Crippen LogP contribution in [0, 0.1) is 0 Å². The summed E-state index contributed by atoms with van der Waals surface area (Å²) in [7, 11) is 1.56. The maximum Gasteiger partial charge on any atom is 0.233 e. The Hall–Kier alpha value is -1.03. The second-order valence-corrected chi connectivity index (χ2v) is 3.86. The monoisotopic (exact) mass is 215 g/mol. The molecule has 1 rings (SSSR count). The maximum atomic E-state index is 5.77. The number of ether oxygens (including phenoxy) is 1. The lowest BCUT2D eigenvalue weighted by Crippen LogP contribution is -2.33. The highest BCUT2D eigenvalue weighted by Crippen LogP contribution is 2.15. The normalized spacial score (nSPS) is 11.1. The predicted molar refractivity (Wildman–Crippen MR) is 57.0 cm³/mol. The van der Waals surface area contributed by atoms with E-state index in [4.69, 9.17) is 16.3 Å². The molecule has 1 aromatic rings. The van der Waals surface area contributed by atoms with E-state index in [1.807, 2.05) is 13.8 Å². The third-order valence-electron chi connectivity index (χ3n) is 1.62. The molecule has 0 saturated heterocycles. The maximum absolute atomic E-state index is 5.77. The summed E-state index contributed by atoms with van der Waals surface area (Å²) in [6, 6.07) is 0. The molecule has 0 fully saturated rings. The highest BCUT2D eigenvalue weighted by atomic mass is 35.5. The van der Waals surface area contributed by atoms with Crippen LogP contribution in [0.15, 0.2) is 12.4 Å². The molecule has 5 heteroatoms. The summed E-state index contributed by atoms with van der Waals surface area (Å²) >= 11 is 5.77. The fourth-order valence-electron chi connectivity index (χ4n) is 0.887. The molecule has 0 aliphatic heterocycles. The van der Waals surface area contributed by atoms with Gasteiger partial charge in [-0.1, -0.05) is 0 Å². The summed E-state index contributed by atoms with van der Waals surface area (Å²) < 4.78 is 4.96. The van der Waals surface area contributed by atoms with Crippen molar-refractivity contribution in [3.8, 4) is 5.88 Å². The van der Waals surface area contributed by atoms with Gasteiger partial charge in [0, 0.05) is 11.4 Å². The number of nitrogens with zero attached hydrogens (tertiary/aromatic N) is 2. The van der Waals surface area contributed by atoms with Gasteiger partial charge in [-0.15, -0.1) is 11.6 Å². The lowest BCUT2D eigenvalue weighted by molar-refractivity contribution is 0.396. The van der Waals surface area contributed by atoms with Gasteiger partial charge in [0.25, 0.3) is 0 Å². The molecular formula is C9H14ClN3O. The van der Waals surface area contributed by atoms with Gasteiger partial charge in [-0.2, -0.15) is 4.98 Å². The van der Waals surface area contributed by atoms with Crippen molar-refractivity contribution in [3.05, 3.63) is 12.4 Å². The summed E-state index contributed by atoms with van der Waals surface area (Å²) in [6.45, 7) is 3.97. The van der Waals surface area contributed by atoms with Crippen molar-refractivity contribution < 1.29 is 4.74 Å². The highest BCUT2D eigenvalue weighted by molar-refractivity contribution is 6.18. The minimum atomic E-state index is -0.206. The number of aromatic nitrogens is 2. The minimum Gasteiger partial charge on any atom is -0.480 e. The molecule has 0 aliphatic carbocycles. The second-order valence-electron chi connectivity index (χ2n) is 3.59. The zero-order valence-electron chi connectivity index (χ0n) is 8.54. The molecule has 0 aliphatic rings. The Bertz CT molecular complexity index is 304. The third kappa shape index (κ3) is 3.03. The number of anilines is 1. The van der Waals surface area contributed by atoms with E-state index >= 15 is 0 Å². The van der Waals surface area contributed by atoms with Gasteiger partial charge in [-0.3, -0.25) is 4.98 Å². The molecule has 78 valence electrons. The van der Waals surface area contributed by atoms with Crippen LogP contribution in [0.25, 0.3) is 0 Å². The van der Waals surface area contributed by atoms with Crippen LogP contribution in [0.2, 0.25) is 0 Å². The number of hydrogen-bond donors (Lipinski definition) is 1. The molecule has 0 atom stereocenters. The smallest absolute Gasteiger partial charge is 0.233 e. The lowest BCUT2D eigenvalue weighted by Gasteiger charge is -2.23. The van der Waals surface area contributed by atoms with Crippen LogP contribution >= 0.6 is 11.6 Å². The molecule has 0 radical (unpaired) electrons. The van der Waals surface area contributed by atoms with Gasteiger partial charge in [0.2, 0.25) is 5.88 Å². The number of alkyl halides is 1. The molecule has 1 N–H and O–H groups in total. The topological polar surface area (TPSA) is 47.0 Å². The lowest BCUT2D eigenvalue weighted by atomic mass is 10.1. The average molecular weight is 216 g/mol. The zero-order chi connectivity index (χ0) is 10.6. The molecule has 0 aromatic carbocycles. The van der Waals surface area contributed by atoms with E-state index in [0.29, 0.717) is 17.6 Å². The van der Waals surface area contributed by atoms with Crippen molar-refractivity contribution in [2.24, 2.45) is 0 Å². The van der Waals surface area contributed by atoms with Crippen LogP contribution in [0.4, 0.5) is 5.82 Å². The van der Waals surface area contributed by atoms with Gasteiger partial charge >= 0.3 is 0 Å². The van der Waals surface area contributed by atoms with Crippen LogP contribution in [0.3, 0.4) is 0 Å². The van der Waals surface area contributed by atoms with E-state index < -0.39 is 0 Å². The molecule has 4 nitrogen and oxygen atoms in total. The Morgan fingerprint density at radius 1 is 1.50 bits per heavy atom. The summed E-state index contributed by atoms with van der Waals surface area (Å²) in [5, 5.41) is 3.16. The van der Waals surface area contributed by atoms with Gasteiger partial charge in [-0.05, 0) is 13.8 Å². The number of halogens is 1. The van der Waals surface area contributed by atoms with E-state index in [1.54, 1.807) is 19.5 Å². The Morgan fingerprint density at radius 3 is 2.79 bits per heavy atom. The third-order valence-corrected chi connectivity index (χ3v) is 2.29. The molecule has 0 saturated carbocycles. The summed E-state index contributed by atoms with van der Waals surface area (Å²) in [5.41, 5.74) is -0.206. The first kappa shape index (κ1) is 11.0. The first-order valence-corrected chi connectivity index (χ1v) is 4.81. The van der Waals surface area contributed by atoms with Crippen molar-refractivity contribution in [3.63, 3.8) is 0 Å². The van der Waals surface area contributed by atoms with Gasteiger partial charge < -0.3 is 10.1 Å². The zero-order valence-corrected chi connectivity index (χ0v) is 9.30. The largest absolute Gasteiger partial charge is 0.480 e. The summed E-state index contributed by atoms with van der Waals surface area (Å²) in [6.07, 6.45) is 3.19. The predicted octanol–water partition coefficient (Wildman–Crippen LogP) is 1.91. The SMILES string of the molecule is COc1cncc(NC(C)(C)CCl)n1. The first-order valence-electron chi connectivity index (χ1n) is 4.27. The van der Waals surface area contributed by atoms with Crippen LogP contribution in [0.5, 0.6) is 5.88 Å².